The van der Waals surface area contributed by atoms with E-state index in [1.54, 1.807) is 0 Å². The Morgan fingerprint density at radius 3 is 2.56 bits per heavy atom. The molecule has 0 radical (unpaired) electrons. The predicted octanol–water partition coefficient (Wildman–Crippen LogP) is 3.64. The number of piperazine rings is 1. The molecule has 1 aromatic carbocycles. The number of benzene rings is 1. The highest BCUT2D eigenvalue weighted by Crippen LogP contribution is 2.32. The first-order valence-corrected chi connectivity index (χ1v) is 13.5. The number of unbranched alkanes of at least 4 members (excludes halogenated alkanes) is 1. The van der Waals surface area contributed by atoms with Crippen molar-refractivity contribution < 1.29 is 4.79 Å². The molecule has 0 amide bonds. The number of carbonyl (C=O) groups excluding carboxylic acids is 1. The molecule has 1 atom stereocenters. The number of likely N-dealkylation sites (N-methyl/N-ethyl adjacent to an activating group) is 1. The minimum atomic E-state index is 0.0674. The van der Waals surface area contributed by atoms with Gasteiger partial charge in [-0.25, -0.2) is 4.68 Å². The van der Waals surface area contributed by atoms with Gasteiger partial charge in [-0.15, -0.1) is 5.10 Å². The van der Waals surface area contributed by atoms with Crippen LogP contribution >= 0.6 is 0 Å². The van der Waals surface area contributed by atoms with Crippen LogP contribution in [0.5, 0.6) is 0 Å². The number of para-hydroxylation sites is 1. The topological polar surface area (TPSA) is 70.4 Å². The summed E-state index contributed by atoms with van der Waals surface area (Å²) in [6, 6.07) is 10.2. The maximum absolute atomic E-state index is 13.1. The number of aromatic nitrogens is 4. The maximum atomic E-state index is 13.1. The molecule has 5 rings (SSSR count). The molecule has 2 aromatic heterocycles. The van der Waals surface area contributed by atoms with Crippen LogP contribution in [0.2, 0.25) is 0 Å². The van der Waals surface area contributed by atoms with Crippen LogP contribution in [0.25, 0.3) is 16.6 Å². The lowest BCUT2D eigenvalue weighted by Gasteiger charge is -2.33. The summed E-state index contributed by atoms with van der Waals surface area (Å²) in [5, 5.41) is 15.1. The number of rotatable bonds is 8. The lowest BCUT2D eigenvalue weighted by Crippen LogP contribution is -2.44. The molecule has 0 saturated carbocycles. The summed E-state index contributed by atoms with van der Waals surface area (Å²) in [6.45, 7) is 11.4. The van der Waals surface area contributed by atoms with Gasteiger partial charge >= 0.3 is 0 Å². The number of ketones is 1. The van der Waals surface area contributed by atoms with Crippen LogP contribution in [0.15, 0.2) is 30.3 Å². The van der Waals surface area contributed by atoms with Crippen molar-refractivity contribution in [2.75, 3.05) is 57.8 Å². The average Bonchev–Trinajstić information content (AvgIpc) is 3.26. The van der Waals surface area contributed by atoms with Gasteiger partial charge in [-0.05, 0) is 65.3 Å². The van der Waals surface area contributed by atoms with Gasteiger partial charge in [0.05, 0.1) is 22.5 Å². The number of Topliss-reactive ketones (excluding diaryl/α,β-unsaturated/α-hetero) is 1. The molecule has 3 aromatic rings. The van der Waals surface area contributed by atoms with Gasteiger partial charge in [-0.1, -0.05) is 18.2 Å². The van der Waals surface area contributed by atoms with Gasteiger partial charge in [0.2, 0.25) is 0 Å². The summed E-state index contributed by atoms with van der Waals surface area (Å²) in [4.78, 5) is 20.3. The van der Waals surface area contributed by atoms with Crippen LogP contribution in [0.3, 0.4) is 0 Å². The van der Waals surface area contributed by atoms with Gasteiger partial charge in [0, 0.05) is 51.6 Å². The van der Waals surface area contributed by atoms with Crippen LogP contribution < -0.4 is 4.90 Å². The largest absolute Gasteiger partial charge is 0.353 e. The van der Waals surface area contributed by atoms with Crippen molar-refractivity contribution >= 4 is 22.5 Å². The number of fused-ring (bicyclic) bond motifs is 1. The Morgan fingerprint density at radius 1 is 1.00 bits per heavy atom. The van der Waals surface area contributed by atoms with Crippen molar-refractivity contribution in [1.29, 1.82) is 0 Å². The molecule has 2 saturated heterocycles. The number of carbonyl (C=O) groups is 1. The quantitative estimate of drug-likeness (QED) is 0.448. The second-order valence-corrected chi connectivity index (χ2v) is 10.5. The third kappa shape index (κ3) is 5.30. The lowest BCUT2D eigenvalue weighted by atomic mass is 9.91. The lowest BCUT2D eigenvalue weighted by molar-refractivity contribution is -0.123. The highest BCUT2D eigenvalue weighted by Gasteiger charge is 2.29. The molecule has 0 spiro atoms. The second kappa shape index (κ2) is 11.0. The van der Waals surface area contributed by atoms with Crippen molar-refractivity contribution in [3.63, 3.8) is 0 Å². The van der Waals surface area contributed by atoms with Crippen LogP contribution in [0.4, 0.5) is 5.82 Å². The number of anilines is 1. The zero-order chi connectivity index (χ0) is 25.1. The predicted molar refractivity (Wildman–Crippen MR) is 144 cm³/mol. The number of piperidine rings is 1. The van der Waals surface area contributed by atoms with Crippen molar-refractivity contribution in [2.24, 2.45) is 5.92 Å². The van der Waals surface area contributed by atoms with E-state index >= 15 is 0 Å². The first-order valence-electron chi connectivity index (χ1n) is 13.5. The number of nitrogens with zero attached hydrogens (tertiary/aromatic N) is 7. The Labute approximate surface area is 214 Å². The van der Waals surface area contributed by atoms with Gasteiger partial charge in [0.1, 0.15) is 11.3 Å². The van der Waals surface area contributed by atoms with Gasteiger partial charge in [-0.3, -0.25) is 4.79 Å². The first kappa shape index (κ1) is 24.8. The minimum absolute atomic E-state index is 0.0674. The van der Waals surface area contributed by atoms with Gasteiger partial charge in [0.15, 0.2) is 5.82 Å². The molecule has 0 bridgehead atoms. The van der Waals surface area contributed by atoms with Crippen molar-refractivity contribution in [1.82, 2.24) is 29.8 Å². The molecular formula is C28H39N7O. The van der Waals surface area contributed by atoms with Crippen LogP contribution in [0, 0.1) is 19.8 Å². The van der Waals surface area contributed by atoms with E-state index in [1.165, 1.54) is 0 Å². The van der Waals surface area contributed by atoms with Crippen LogP contribution in [0.1, 0.15) is 43.5 Å². The zero-order valence-corrected chi connectivity index (χ0v) is 22.0. The average molecular weight is 490 g/mol. The fourth-order valence-electron chi connectivity index (χ4n) is 5.69. The van der Waals surface area contributed by atoms with E-state index in [9.17, 15) is 4.79 Å². The Kier molecular flexibility index (Phi) is 7.62. The SMILES string of the molecule is Cc1nnc(N2CCCC(C(=O)CCCCN3CCN(C)CC3)C2)c2nn(-c3ccccc3)c(C)c12. The smallest absolute Gasteiger partial charge is 0.179 e. The Bertz CT molecular complexity index is 1180. The molecule has 4 heterocycles. The van der Waals surface area contributed by atoms with Gasteiger partial charge < -0.3 is 14.7 Å². The normalized spacial score (nSPS) is 19.8. The van der Waals surface area contributed by atoms with E-state index in [0.717, 1.165) is 98.7 Å². The van der Waals surface area contributed by atoms with Crippen molar-refractivity contribution in [2.45, 2.75) is 46.0 Å². The second-order valence-electron chi connectivity index (χ2n) is 10.5. The number of aryl methyl sites for hydroxylation is 2. The molecule has 8 nitrogen and oxygen atoms in total. The molecule has 2 fully saturated rings. The fraction of sp³-hybridized carbons (Fsp3) is 0.571. The summed E-state index contributed by atoms with van der Waals surface area (Å²) >= 11 is 0. The minimum Gasteiger partial charge on any atom is -0.353 e. The van der Waals surface area contributed by atoms with E-state index < -0.39 is 0 Å². The maximum Gasteiger partial charge on any atom is 0.179 e. The van der Waals surface area contributed by atoms with Gasteiger partial charge in [-0.2, -0.15) is 10.2 Å². The third-order valence-corrected chi connectivity index (χ3v) is 7.91. The molecule has 2 aliphatic rings. The molecule has 0 aliphatic carbocycles. The summed E-state index contributed by atoms with van der Waals surface area (Å²) in [6.07, 6.45) is 4.73. The fourth-order valence-corrected chi connectivity index (χ4v) is 5.69. The summed E-state index contributed by atoms with van der Waals surface area (Å²) in [5.41, 5.74) is 3.86. The standard InChI is InChI=1S/C28H39N7O/c1-21-26-22(2)35(24-11-5-4-6-12-24)31-27(26)28(30-29-21)34-15-9-10-23(20-34)25(36)13-7-8-14-33-18-16-32(3)17-19-33/h4-6,11-12,23H,7-10,13-20H2,1-3H3. The summed E-state index contributed by atoms with van der Waals surface area (Å²) in [5.74, 6) is 1.28. The molecule has 1 unspecified atom stereocenters. The van der Waals surface area contributed by atoms with E-state index in [-0.39, 0.29) is 5.92 Å². The monoisotopic (exact) mass is 489 g/mol. The highest BCUT2D eigenvalue weighted by molar-refractivity contribution is 5.92. The van der Waals surface area contributed by atoms with E-state index in [1.807, 2.05) is 29.8 Å². The van der Waals surface area contributed by atoms with Crippen molar-refractivity contribution in [3.05, 3.63) is 41.7 Å². The first-order chi connectivity index (χ1) is 17.5. The molecule has 0 N–H and O–H groups in total. The van der Waals surface area contributed by atoms with Crippen molar-refractivity contribution in [3.8, 4) is 5.69 Å². The Hall–Kier alpha value is -2.84. The van der Waals surface area contributed by atoms with Crippen LogP contribution in [-0.2, 0) is 4.79 Å². The Morgan fingerprint density at radius 2 is 1.78 bits per heavy atom. The summed E-state index contributed by atoms with van der Waals surface area (Å²) < 4.78 is 1.98. The van der Waals surface area contributed by atoms with Gasteiger partial charge in [0.25, 0.3) is 0 Å². The summed E-state index contributed by atoms with van der Waals surface area (Å²) in [7, 11) is 2.19. The van der Waals surface area contributed by atoms with E-state index in [0.29, 0.717) is 18.7 Å². The Balaban J connectivity index is 1.25. The highest BCUT2D eigenvalue weighted by atomic mass is 16.1. The third-order valence-electron chi connectivity index (χ3n) is 7.91. The molecule has 8 heteroatoms. The number of hydrogen-bond donors (Lipinski definition) is 0. The molecular weight excluding hydrogens is 450 g/mol. The molecule has 192 valence electrons. The van der Waals surface area contributed by atoms with E-state index in [2.05, 4.69) is 51.0 Å². The molecule has 2 aliphatic heterocycles. The molecule has 36 heavy (non-hydrogen) atoms. The zero-order valence-electron chi connectivity index (χ0n) is 22.0. The van der Waals surface area contributed by atoms with E-state index in [4.69, 9.17) is 5.10 Å². The number of hydrogen-bond acceptors (Lipinski definition) is 7. The van der Waals surface area contributed by atoms with Crippen LogP contribution in [-0.4, -0.2) is 88.4 Å².